The molecule has 0 rings (SSSR count). The molecule has 0 unspecified atom stereocenters. The van der Waals surface area contributed by atoms with Crippen LogP contribution in [0.2, 0.25) is 0 Å². The minimum Gasteiger partial charge on any atom is -0.467 e. The summed E-state index contributed by atoms with van der Waals surface area (Å²) in [7, 11) is 1.20. The molecule has 0 saturated carbocycles. The van der Waals surface area contributed by atoms with Crippen LogP contribution in [0.3, 0.4) is 0 Å². The predicted molar refractivity (Wildman–Crippen MR) is 160 cm³/mol. The molecule has 0 aromatic rings. The lowest BCUT2D eigenvalue weighted by Gasteiger charge is -2.24. The van der Waals surface area contributed by atoms with Crippen molar-refractivity contribution in [2.45, 2.75) is 56.7 Å². The van der Waals surface area contributed by atoms with Gasteiger partial charge in [0.25, 0.3) is 0 Å². The maximum Gasteiger partial charge on any atom is 0.328 e. The number of carbonyl (C=O) groups is 3. The molecule has 232 valence electrons. The van der Waals surface area contributed by atoms with E-state index < -0.39 is 35.9 Å². The molecule has 0 aliphatic heterocycles. The molecule has 0 heterocycles. The van der Waals surface area contributed by atoms with E-state index in [1.165, 1.54) is 7.11 Å². The van der Waals surface area contributed by atoms with E-state index in [0.29, 0.717) is 45.3 Å². The van der Waals surface area contributed by atoms with Crippen molar-refractivity contribution in [3.63, 3.8) is 0 Å². The molecule has 0 radical (unpaired) electrons. The summed E-state index contributed by atoms with van der Waals surface area (Å²) in [5, 5.41) is 34.5. The lowest BCUT2D eigenvalue weighted by molar-refractivity contribution is -0.145. The fraction of sp³-hybridized carbons (Fsp3) is 0.684. The Morgan fingerprint density at radius 3 is 1.41 bits per heavy atom. The first-order valence-electron chi connectivity index (χ1n) is 11.2. The number of rotatable bonds is 17. The van der Waals surface area contributed by atoms with Gasteiger partial charge in [-0.05, 0) is 38.5 Å². The number of guanidine groups is 3. The van der Waals surface area contributed by atoms with Crippen molar-refractivity contribution in [2.24, 2.45) is 22.9 Å². The predicted octanol–water partition coefficient (Wildman–Crippen LogP) is -2.07. The standard InChI is InChI=1S/C19H40N12O4.4ClH/c1-35-16(34)13(7-4-10-29-19(25)26)31-15(33)12(6-3-9-28-18(23)24)30-14(32)11(20)5-2-8-27-17(21)22;;;;/h11-13H,2-10,20H2,1H3,(H,30,32)(H,31,33)(H4,21,22,27)(H4,23,24,28)(H4,25,26,29);4*1H/t11-,12-,13-;;;;/m0..../s1. The Morgan fingerprint density at radius 1 is 0.667 bits per heavy atom. The molecule has 16 N–H and O–H groups in total. The second kappa shape index (κ2) is 26.9. The number of methoxy groups -OCH3 is 1. The van der Waals surface area contributed by atoms with Crippen LogP contribution in [0.5, 0.6) is 0 Å². The summed E-state index contributed by atoms with van der Waals surface area (Å²) in [5.41, 5.74) is 21.6. The van der Waals surface area contributed by atoms with E-state index in [-0.39, 0.29) is 80.3 Å². The van der Waals surface area contributed by atoms with Gasteiger partial charge in [0.15, 0.2) is 17.9 Å². The highest BCUT2D eigenvalue weighted by atomic mass is 35.5. The van der Waals surface area contributed by atoms with Gasteiger partial charge in [0.1, 0.15) is 12.1 Å². The van der Waals surface area contributed by atoms with Gasteiger partial charge < -0.3 is 54.3 Å². The number of esters is 1. The molecule has 0 spiro atoms. The van der Waals surface area contributed by atoms with Crippen molar-refractivity contribution in [2.75, 3.05) is 26.7 Å². The Balaban J connectivity index is -0.000000963. The molecular weight excluding hydrogens is 602 g/mol. The van der Waals surface area contributed by atoms with Crippen LogP contribution in [0.15, 0.2) is 0 Å². The number of nitrogens with one attached hydrogen (secondary N) is 8. The van der Waals surface area contributed by atoms with E-state index in [0.717, 1.165) is 0 Å². The van der Waals surface area contributed by atoms with E-state index in [4.69, 9.17) is 43.9 Å². The number of amides is 2. The quantitative estimate of drug-likeness (QED) is 0.0353. The topological polar surface area (TPSA) is 296 Å². The summed E-state index contributed by atoms with van der Waals surface area (Å²) < 4.78 is 4.76. The normalized spacial score (nSPS) is 11.5. The largest absolute Gasteiger partial charge is 0.467 e. The van der Waals surface area contributed by atoms with Crippen LogP contribution in [0, 0.1) is 16.2 Å². The van der Waals surface area contributed by atoms with Gasteiger partial charge in [-0.25, -0.2) is 4.79 Å². The Labute approximate surface area is 253 Å². The Hall–Kier alpha value is -2.66. The van der Waals surface area contributed by atoms with Crippen LogP contribution in [0.25, 0.3) is 0 Å². The molecule has 0 aromatic carbocycles. The van der Waals surface area contributed by atoms with Crippen LogP contribution in [0.1, 0.15) is 38.5 Å². The first-order valence-corrected chi connectivity index (χ1v) is 11.2. The van der Waals surface area contributed by atoms with Crippen molar-refractivity contribution >= 4 is 85.3 Å². The first-order chi connectivity index (χ1) is 16.5. The lowest BCUT2D eigenvalue weighted by atomic mass is 10.1. The fourth-order valence-electron chi connectivity index (χ4n) is 2.95. The van der Waals surface area contributed by atoms with Gasteiger partial charge in [0.2, 0.25) is 11.8 Å². The minimum atomic E-state index is -1.000. The van der Waals surface area contributed by atoms with Crippen LogP contribution in [-0.2, 0) is 19.1 Å². The Bertz CT molecular complexity index is 751. The summed E-state index contributed by atoms with van der Waals surface area (Å²) >= 11 is 0. The van der Waals surface area contributed by atoms with Crippen molar-refractivity contribution in [1.82, 2.24) is 26.6 Å². The van der Waals surface area contributed by atoms with Gasteiger partial charge in [-0.2, -0.15) is 0 Å². The number of hydrogen-bond donors (Lipinski definition) is 12. The van der Waals surface area contributed by atoms with Crippen LogP contribution in [0.4, 0.5) is 0 Å². The average molecular weight is 646 g/mol. The number of nitrogens with two attached hydrogens (primary N) is 4. The molecule has 0 aliphatic rings. The van der Waals surface area contributed by atoms with Gasteiger partial charge in [-0.15, -0.1) is 49.6 Å². The molecule has 3 atom stereocenters. The molecule has 16 nitrogen and oxygen atoms in total. The molecule has 0 fully saturated rings. The Kier molecular flexibility index (Phi) is 31.9. The second-order valence-electron chi connectivity index (χ2n) is 7.70. The highest BCUT2D eigenvalue weighted by Gasteiger charge is 2.28. The zero-order valence-corrected chi connectivity index (χ0v) is 24.9. The average Bonchev–Trinajstić information content (AvgIpc) is 2.79. The highest BCUT2D eigenvalue weighted by Crippen LogP contribution is 2.05. The molecule has 0 bridgehead atoms. The zero-order chi connectivity index (χ0) is 26.8. The van der Waals surface area contributed by atoms with Crippen LogP contribution >= 0.6 is 49.6 Å². The van der Waals surface area contributed by atoms with Crippen molar-refractivity contribution in [3.05, 3.63) is 0 Å². The maximum absolute atomic E-state index is 13.0. The zero-order valence-electron chi connectivity index (χ0n) is 21.7. The number of carbonyl (C=O) groups excluding carboxylic acids is 3. The van der Waals surface area contributed by atoms with Crippen molar-refractivity contribution < 1.29 is 19.1 Å². The van der Waals surface area contributed by atoms with Gasteiger partial charge >= 0.3 is 5.97 Å². The summed E-state index contributed by atoms with van der Waals surface area (Å²) in [6, 6.07) is -2.87. The molecule has 39 heavy (non-hydrogen) atoms. The SMILES string of the molecule is COC(=O)[C@H](CCCNC(=N)N)NC(=O)[C@H](CCCNC(=N)N)NC(=O)[C@@H](N)CCCNC(=N)N.Cl.Cl.Cl.Cl. The number of halogens is 4. The van der Waals surface area contributed by atoms with Gasteiger partial charge in [-0.3, -0.25) is 25.8 Å². The molecule has 0 saturated heterocycles. The van der Waals surface area contributed by atoms with Gasteiger partial charge in [-0.1, -0.05) is 0 Å². The van der Waals surface area contributed by atoms with Crippen LogP contribution in [-0.4, -0.2) is 80.5 Å². The smallest absolute Gasteiger partial charge is 0.328 e. The number of hydrogen-bond acceptors (Lipinski definition) is 8. The first kappa shape index (κ1) is 46.2. The molecule has 0 aliphatic carbocycles. The second-order valence-corrected chi connectivity index (χ2v) is 7.70. The third-order valence-electron chi connectivity index (χ3n) is 4.75. The van der Waals surface area contributed by atoms with Crippen LogP contribution < -0.4 is 49.5 Å². The maximum atomic E-state index is 13.0. The summed E-state index contributed by atoms with van der Waals surface area (Å²) in [6.07, 6.45) is 1.98. The third kappa shape index (κ3) is 24.1. The molecular formula is C19H44Cl4N12O4. The Morgan fingerprint density at radius 2 is 1.03 bits per heavy atom. The highest BCUT2D eigenvalue weighted by molar-refractivity contribution is 5.92. The van der Waals surface area contributed by atoms with E-state index in [2.05, 4.69) is 26.6 Å². The lowest BCUT2D eigenvalue weighted by Crippen LogP contribution is -2.54. The summed E-state index contributed by atoms with van der Waals surface area (Å²) in [4.78, 5) is 37.7. The monoisotopic (exact) mass is 644 g/mol. The third-order valence-corrected chi connectivity index (χ3v) is 4.75. The molecule has 0 aromatic heterocycles. The van der Waals surface area contributed by atoms with Gasteiger partial charge in [0, 0.05) is 19.6 Å². The molecule has 2 amide bonds. The summed E-state index contributed by atoms with van der Waals surface area (Å²) in [6.45, 7) is 0.994. The van der Waals surface area contributed by atoms with E-state index >= 15 is 0 Å². The van der Waals surface area contributed by atoms with Crippen molar-refractivity contribution in [1.29, 1.82) is 16.2 Å². The molecule has 20 heteroatoms. The van der Waals surface area contributed by atoms with E-state index in [1.807, 2.05) is 0 Å². The van der Waals surface area contributed by atoms with Crippen molar-refractivity contribution in [3.8, 4) is 0 Å². The van der Waals surface area contributed by atoms with E-state index in [9.17, 15) is 14.4 Å². The van der Waals surface area contributed by atoms with E-state index in [1.54, 1.807) is 0 Å². The fourth-order valence-corrected chi connectivity index (χ4v) is 2.95. The minimum absolute atomic E-state index is 0. The summed E-state index contributed by atoms with van der Waals surface area (Å²) in [5.74, 6) is -2.41. The van der Waals surface area contributed by atoms with Gasteiger partial charge in [0.05, 0.1) is 13.2 Å². The number of ether oxygens (including phenoxy) is 1.